The molecule has 154 valence electrons. The maximum Gasteiger partial charge on any atom is 0.245 e. The first-order chi connectivity index (χ1) is 14.7. The maximum atomic E-state index is 14.1. The molecule has 0 aliphatic carbocycles. The number of pyridine rings is 1. The van der Waals surface area contributed by atoms with Crippen LogP contribution in [0, 0.1) is 12.7 Å². The van der Waals surface area contributed by atoms with Crippen LogP contribution < -0.4 is 15.6 Å². The SMILES string of the molecule is Cc1cccc(Nc2ccc(/C=N/Nc3ncc(F)c(N4CCOCC4)n3)nc2)c1. The van der Waals surface area contributed by atoms with Gasteiger partial charge in [0.2, 0.25) is 5.95 Å². The molecule has 0 amide bonds. The van der Waals surface area contributed by atoms with E-state index in [4.69, 9.17) is 4.74 Å². The van der Waals surface area contributed by atoms with Crippen molar-refractivity contribution in [2.24, 2.45) is 5.10 Å². The zero-order valence-corrected chi connectivity index (χ0v) is 16.5. The number of hydrazone groups is 1. The third-order valence-corrected chi connectivity index (χ3v) is 4.49. The number of aryl methyl sites for hydroxylation is 1. The Balaban J connectivity index is 1.37. The van der Waals surface area contributed by atoms with E-state index in [1.165, 1.54) is 5.56 Å². The molecule has 1 fully saturated rings. The van der Waals surface area contributed by atoms with Gasteiger partial charge in [-0.3, -0.25) is 4.98 Å². The molecular formula is C21H22FN7O. The Kier molecular flexibility index (Phi) is 6.09. The number of rotatable bonds is 6. The Morgan fingerprint density at radius 1 is 1.10 bits per heavy atom. The van der Waals surface area contributed by atoms with Gasteiger partial charge in [0.1, 0.15) is 0 Å². The van der Waals surface area contributed by atoms with Crippen molar-refractivity contribution in [3.8, 4) is 0 Å². The first-order valence-corrected chi connectivity index (χ1v) is 9.61. The number of hydrogen-bond acceptors (Lipinski definition) is 8. The van der Waals surface area contributed by atoms with E-state index >= 15 is 0 Å². The predicted octanol–water partition coefficient (Wildman–Crippen LogP) is 3.35. The monoisotopic (exact) mass is 407 g/mol. The van der Waals surface area contributed by atoms with E-state index in [0.29, 0.717) is 32.0 Å². The summed E-state index contributed by atoms with van der Waals surface area (Å²) in [5, 5.41) is 7.41. The van der Waals surface area contributed by atoms with E-state index in [2.05, 4.69) is 36.9 Å². The van der Waals surface area contributed by atoms with Crippen LogP contribution in [0.3, 0.4) is 0 Å². The molecule has 0 saturated carbocycles. The highest BCUT2D eigenvalue weighted by atomic mass is 19.1. The molecule has 3 heterocycles. The number of nitrogens with one attached hydrogen (secondary N) is 2. The van der Waals surface area contributed by atoms with Crippen LogP contribution in [0.5, 0.6) is 0 Å². The van der Waals surface area contributed by atoms with Gasteiger partial charge < -0.3 is 15.0 Å². The van der Waals surface area contributed by atoms with Crippen molar-refractivity contribution in [3.63, 3.8) is 0 Å². The lowest BCUT2D eigenvalue weighted by Gasteiger charge is -2.27. The fraction of sp³-hybridized carbons (Fsp3) is 0.238. The second kappa shape index (κ2) is 9.27. The Morgan fingerprint density at radius 2 is 1.97 bits per heavy atom. The standard InChI is InChI=1S/C21H22FN7O/c1-15-3-2-4-16(11-15)26-18-6-5-17(23-12-18)13-25-28-21-24-14-19(22)20(27-21)29-7-9-30-10-8-29/h2-6,11-14,26H,7-10H2,1H3,(H,24,27,28)/b25-13+. The number of nitrogens with zero attached hydrogens (tertiary/aromatic N) is 5. The van der Waals surface area contributed by atoms with E-state index in [0.717, 1.165) is 17.6 Å². The lowest BCUT2D eigenvalue weighted by molar-refractivity contribution is 0.122. The zero-order valence-electron chi connectivity index (χ0n) is 16.5. The summed E-state index contributed by atoms with van der Waals surface area (Å²) in [7, 11) is 0. The number of anilines is 4. The number of aromatic nitrogens is 3. The Hall–Kier alpha value is -3.59. The number of halogens is 1. The van der Waals surface area contributed by atoms with Crippen LogP contribution in [0.15, 0.2) is 53.9 Å². The summed E-state index contributed by atoms with van der Waals surface area (Å²) in [6.45, 7) is 4.31. The average Bonchev–Trinajstić information content (AvgIpc) is 2.77. The van der Waals surface area contributed by atoms with E-state index in [1.54, 1.807) is 12.4 Å². The molecule has 0 bridgehead atoms. The van der Waals surface area contributed by atoms with E-state index in [1.807, 2.05) is 42.2 Å². The molecule has 2 aromatic heterocycles. The molecule has 9 heteroatoms. The van der Waals surface area contributed by atoms with E-state index < -0.39 is 5.82 Å². The Morgan fingerprint density at radius 3 is 2.73 bits per heavy atom. The van der Waals surface area contributed by atoms with Crippen molar-refractivity contribution in [1.82, 2.24) is 15.0 Å². The highest BCUT2D eigenvalue weighted by molar-refractivity contribution is 5.78. The normalized spacial score (nSPS) is 14.1. The van der Waals surface area contributed by atoms with Crippen molar-refractivity contribution in [3.05, 3.63) is 65.9 Å². The molecule has 0 atom stereocenters. The molecule has 0 unspecified atom stereocenters. The summed E-state index contributed by atoms with van der Waals surface area (Å²) < 4.78 is 19.4. The molecule has 8 nitrogen and oxygen atoms in total. The summed E-state index contributed by atoms with van der Waals surface area (Å²) in [5.41, 5.74) is 6.45. The smallest absolute Gasteiger partial charge is 0.245 e. The molecule has 4 rings (SSSR count). The van der Waals surface area contributed by atoms with Crippen LogP contribution in [0.1, 0.15) is 11.3 Å². The predicted molar refractivity (Wildman–Crippen MR) is 115 cm³/mol. The third-order valence-electron chi connectivity index (χ3n) is 4.49. The van der Waals surface area contributed by atoms with E-state index in [9.17, 15) is 4.39 Å². The summed E-state index contributed by atoms with van der Waals surface area (Å²) in [5.74, 6) is -0.00706. The van der Waals surface area contributed by atoms with Crippen LogP contribution in [0.4, 0.5) is 27.5 Å². The van der Waals surface area contributed by atoms with Crippen molar-refractivity contribution in [2.75, 3.05) is 41.9 Å². The second-order valence-electron chi connectivity index (χ2n) is 6.80. The highest BCUT2D eigenvalue weighted by Gasteiger charge is 2.17. The molecule has 2 N–H and O–H groups in total. The fourth-order valence-electron chi connectivity index (χ4n) is 3.01. The largest absolute Gasteiger partial charge is 0.378 e. The van der Waals surface area contributed by atoms with Crippen molar-refractivity contribution < 1.29 is 9.13 Å². The van der Waals surface area contributed by atoms with Crippen molar-refractivity contribution in [2.45, 2.75) is 6.92 Å². The number of morpholine rings is 1. The first-order valence-electron chi connectivity index (χ1n) is 9.61. The average molecular weight is 407 g/mol. The van der Waals surface area contributed by atoms with Gasteiger partial charge in [-0.25, -0.2) is 14.8 Å². The maximum absolute atomic E-state index is 14.1. The lowest BCUT2D eigenvalue weighted by atomic mass is 10.2. The second-order valence-corrected chi connectivity index (χ2v) is 6.80. The molecular weight excluding hydrogens is 385 g/mol. The molecule has 0 radical (unpaired) electrons. The van der Waals surface area contributed by atoms with Crippen molar-refractivity contribution in [1.29, 1.82) is 0 Å². The zero-order chi connectivity index (χ0) is 20.8. The van der Waals surface area contributed by atoms with Gasteiger partial charge in [-0.05, 0) is 36.8 Å². The van der Waals surface area contributed by atoms with Gasteiger partial charge in [0.15, 0.2) is 11.6 Å². The van der Waals surface area contributed by atoms with Gasteiger partial charge in [0.25, 0.3) is 0 Å². The molecule has 0 spiro atoms. The third kappa shape index (κ3) is 5.06. The number of ether oxygens (including phenoxy) is 1. The quantitative estimate of drug-likeness (QED) is 0.479. The minimum absolute atomic E-state index is 0.215. The number of hydrogen-bond donors (Lipinski definition) is 2. The van der Waals surface area contributed by atoms with Gasteiger partial charge in [0, 0.05) is 18.8 Å². The molecule has 1 aliphatic rings. The van der Waals surface area contributed by atoms with E-state index in [-0.39, 0.29) is 11.8 Å². The minimum Gasteiger partial charge on any atom is -0.378 e. The van der Waals surface area contributed by atoms with Gasteiger partial charge >= 0.3 is 0 Å². The highest BCUT2D eigenvalue weighted by Crippen LogP contribution is 2.19. The topological polar surface area (TPSA) is 87.6 Å². The summed E-state index contributed by atoms with van der Waals surface area (Å²) in [6.07, 6.45) is 4.42. The minimum atomic E-state index is -0.468. The first kappa shape index (κ1) is 19.7. The van der Waals surface area contributed by atoms with Gasteiger partial charge in [-0.2, -0.15) is 10.1 Å². The molecule has 30 heavy (non-hydrogen) atoms. The molecule has 1 aromatic carbocycles. The van der Waals surface area contributed by atoms with Crippen molar-refractivity contribution >= 4 is 29.4 Å². The van der Waals surface area contributed by atoms with Crippen LogP contribution in [0.2, 0.25) is 0 Å². The Labute approximate surface area is 173 Å². The van der Waals surface area contributed by atoms with Crippen LogP contribution in [-0.4, -0.2) is 47.5 Å². The Bertz CT molecular complexity index is 1020. The molecule has 1 aliphatic heterocycles. The summed E-state index contributed by atoms with van der Waals surface area (Å²) >= 11 is 0. The lowest BCUT2D eigenvalue weighted by Crippen LogP contribution is -2.37. The van der Waals surface area contributed by atoms with Gasteiger partial charge in [-0.1, -0.05) is 12.1 Å². The van der Waals surface area contributed by atoms with Crippen LogP contribution in [0.25, 0.3) is 0 Å². The fourth-order valence-corrected chi connectivity index (χ4v) is 3.01. The van der Waals surface area contributed by atoms with Gasteiger partial charge in [-0.15, -0.1) is 0 Å². The van der Waals surface area contributed by atoms with Crippen LogP contribution in [-0.2, 0) is 4.74 Å². The van der Waals surface area contributed by atoms with Crippen LogP contribution >= 0.6 is 0 Å². The molecule has 1 saturated heterocycles. The molecule has 3 aromatic rings. The summed E-state index contributed by atoms with van der Waals surface area (Å²) in [4.78, 5) is 14.3. The number of benzene rings is 1. The van der Waals surface area contributed by atoms with Gasteiger partial charge in [0.05, 0.1) is 43.2 Å². The summed E-state index contributed by atoms with van der Waals surface area (Å²) in [6, 6.07) is 11.9.